The number of nitriles is 1. The first-order chi connectivity index (χ1) is 7.13. The molecule has 1 unspecified atom stereocenters. The second-order valence-electron chi connectivity index (χ2n) is 3.39. The van der Waals surface area contributed by atoms with Crippen LogP contribution in [0.1, 0.15) is 24.0 Å². The van der Waals surface area contributed by atoms with E-state index in [0.29, 0.717) is 0 Å². The van der Waals surface area contributed by atoms with Crippen LogP contribution in [0.15, 0.2) is 12.1 Å². The van der Waals surface area contributed by atoms with Crippen molar-refractivity contribution in [3.05, 3.63) is 23.3 Å². The normalized spacial score (nSPS) is 11.7. The van der Waals surface area contributed by atoms with E-state index in [1.165, 1.54) is 0 Å². The zero-order chi connectivity index (χ0) is 11.4. The van der Waals surface area contributed by atoms with Crippen molar-refractivity contribution in [2.24, 2.45) is 0 Å². The maximum Gasteiger partial charge on any atom is 0.125 e. The topological polar surface area (TPSA) is 42.2 Å². The van der Waals surface area contributed by atoms with Crippen LogP contribution in [0.3, 0.4) is 0 Å². The maximum atomic E-state index is 8.91. The molecule has 0 bridgehead atoms. The Balaban J connectivity index is 3.31. The largest absolute Gasteiger partial charge is 0.497 e. The molecule has 0 aliphatic heterocycles. The molecular formula is C12H15NO2. The Kier molecular flexibility index (Phi) is 3.56. The van der Waals surface area contributed by atoms with E-state index in [-0.39, 0.29) is 5.92 Å². The highest BCUT2D eigenvalue weighted by molar-refractivity contribution is 5.48. The average Bonchev–Trinajstić information content (AvgIpc) is 2.28. The first kappa shape index (κ1) is 11.4. The molecule has 15 heavy (non-hydrogen) atoms. The molecule has 0 aliphatic rings. The maximum absolute atomic E-state index is 8.91. The van der Waals surface area contributed by atoms with Crippen molar-refractivity contribution in [2.45, 2.75) is 19.8 Å². The third-order valence-corrected chi connectivity index (χ3v) is 2.49. The fourth-order valence-electron chi connectivity index (χ4n) is 1.53. The van der Waals surface area contributed by atoms with Gasteiger partial charge in [-0.1, -0.05) is 0 Å². The Morgan fingerprint density at radius 2 is 1.93 bits per heavy atom. The Morgan fingerprint density at radius 1 is 1.27 bits per heavy atom. The fraction of sp³-hybridized carbons (Fsp3) is 0.417. The van der Waals surface area contributed by atoms with Crippen LogP contribution in [0, 0.1) is 18.3 Å². The van der Waals surface area contributed by atoms with Crippen molar-refractivity contribution >= 4 is 0 Å². The number of hydrogen-bond acceptors (Lipinski definition) is 3. The summed E-state index contributed by atoms with van der Waals surface area (Å²) < 4.78 is 10.4. The number of rotatable bonds is 3. The van der Waals surface area contributed by atoms with Gasteiger partial charge in [0.05, 0.1) is 26.2 Å². The molecule has 1 aromatic carbocycles. The molecule has 0 saturated heterocycles. The zero-order valence-corrected chi connectivity index (χ0v) is 9.50. The predicted molar refractivity (Wildman–Crippen MR) is 58.3 cm³/mol. The smallest absolute Gasteiger partial charge is 0.125 e. The molecule has 0 radical (unpaired) electrons. The van der Waals surface area contributed by atoms with E-state index in [0.717, 1.165) is 22.6 Å². The summed E-state index contributed by atoms with van der Waals surface area (Å²) in [5.41, 5.74) is 1.95. The standard InChI is InChI=1S/C12H15NO2/c1-8(7-13)11-5-10(14-3)6-12(15-4)9(11)2/h5-6,8H,1-4H3. The molecule has 3 nitrogen and oxygen atoms in total. The summed E-state index contributed by atoms with van der Waals surface area (Å²) in [5, 5.41) is 8.91. The van der Waals surface area contributed by atoms with Crippen LogP contribution >= 0.6 is 0 Å². The Hall–Kier alpha value is -1.69. The first-order valence-corrected chi connectivity index (χ1v) is 4.76. The second kappa shape index (κ2) is 4.70. The quantitative estimate of drug-likeness (QED) is 0.761. The van der Waals surface area contributed by atoms with E-state index in [4.69, 9.17) is 14.7 Å². The van der Waals surface area contributed by atoms with Gasteiger partial charge in [0.2, 0.25) is 0 Å². The summed E-state index contributed by atoms with van der Waals surface area (Å²) >= 11 is 0. The zero-order valence-electron chi connectivity index (χ0n) is 9.50. The molecule has 3 heteroatoms. The van der Waals surface area contributed by atoms with Gasteiger partial charge in [-0.3, -0.25) is 0 Å². The molecule has 0 saturated carbocycles. The van der Waals surface area contributed by atoms with Crippen LogP contribution in [-0.4, -0.2) is 14.2 Å². The lowest BCUT2D eigenvalue weighted by molar-refractivity contribution is 0.391. The van der Waals surface area contributed by atoms with Gasteiger partial charge in [-0.25, -0.2) is 0 Å². The Bertz CT molecular complexity index is 393. The lowest BCUT2D eigenvalue weighted by Crippen LogP contribution is -1.98. The first-order valence-electron chi connectivity index (χ1n) is 4.76. The monoisotopic (exact) mass is 205 g/mol. The van der Waals surface area contributed by atoms with Crippen LogP contribution in [0.5, 0.6) is 11.5 Å². The molecule has 0 fully saturated rings. The molecule has 0 N–H and O–H groups in total. The lowest BCUT2D eigenvalue weighted by Gasteiger charge is -2.14. The molecule has 1 aromatic rings. The fourth-order valence-corrected chi connectivity index (χ4v) is 1.53. The summed E-state index contributed by atoms with van der Waals surface area (Å²) in [5.74, 6) is 1.31. The number of ether oxygens (including phenoxy) is 2. The lowest BCUT2D eigenvalue weighted by atomic mass is 9.96. The summed E-state index contributed by atoms with van der Waals surface area (Å²) in [7, 11) is 3.22. The van der Waals surface area contributed by atoms with E-state index in [2.05, 4.69) is 6.07 Å². The van der Waals surface area contributed by atoms with E-state index in [9.17, 15) is 0 Å². The van der Waals surface area contributed by atoms with Crippen molar-refractivity contribution in [3.63, 3.8) is 0 Å². The summed E-state index contributed by atoms with van der Waals surface area (Å²) in [4.78, 5) is 0. The van der Waals surface area contributed by atoms with Crippen LogP contribution < -0.4 is 9.47 Å². The van der Waals surface area contributed by atoms with Crippen LogP contribution in [0.2, 0.25) is 0 Å². The van der Waals surface area contributed by atoms with E-state index in [1.54, 1.807) is 14.2 Å². The van der Waals surface area contributed by atoms with Crippen molar-refractivity contribution in [3.8, 4) is 17.6 Å². The molecule has 1 rings (SSSR count). The Morgan fingerprint density at radius 3 is 2.40 bits per heavy atom. The average molecular weight is 205 g/mol. The third kappa shape index (κ3) is 2.21. The van der Waals surface area contributed by atoms with E-state index < -0.39 is 0 Å². The van der Waals surface area contributed by atoms with Gasteiger partial charge < -0.3 is 9.47 Å². The van der Waals surface area contributed by atoms with Crippen molar-refractivity contribution in [2.75, 3.05) is 14.2 Å². The van der Waals surface area contributed by atoms with Crippen molar-refractivity contribution < 1.29 is 9.47 Å². The minimum Gasteiger partial charge on any atom is -0.497 e. The number of nitrogens with zero attached hydrogens (tertiary/aromatic N) is 1. The summed E-state index contributed by atoms with van der Waals surface area (Å²) in [6.07, 6.45) is 0. The number of hydrogen-bond donors (Lipinski definition) is 0. The highest BCUT2D eigenvalue weighted by Crippen LogP contribution is 2.31. The van der Waals surface area contributed by atoms with Crippen LogP contribution in [-0.2, 0) is 0 Å². The van der Waals surface area contributed by atoms with Gasteiger partial charge in [-0.2, -0.15) is 5.26 Å². The van der Waals surface area contributed by atoms with Crippen LogP contribution in [0.25, 0.3) is 0 Å². The molecule has 0 heterocycles. The van der Waals surface area contributed by atoms with Gasteiger partial charge in [0.1, 0.15) is 11.5 Å². The Labute approximate surface area is 90.2 Å². The summed E-state index contributed by atoms with van der Waals surface area (Å²) in [6, 6.07) is 5.92. The number of benzene rings is 1. The van der Waals surface area contributed by atoms with Gasteiger partial charge in [0, 0.05) is 6.07 Å². The van der Waals surface area contributed by atoms with Crippen molar-refractivity contribution in [1.82, 2.24) is 0 Å². The SMILES string of the molecule is COc1cc(OC)c(C)c(C(C)C#N)c1. The molecule has 0 amide bonds. The minimum atomic E-state index is -0.158. The highest BCUT2D eigenvalue weighted by Gasteiger charge is 2.13. The molecule has 0 aliphatic carbocycles. The minimum absolute atomic E-state index is 0.158. The summed E-state index contributed by atoms with van der Waals surface area (Å²) in [6.45, 7) is 3.81. The molecular weight excluding hydrogens is 190 g/mol. The van der Waals surface area contributed by atoms with Gasteiger partial charge in [0.15, 0.2) is 0 Å². The van der Waals surface area contributed by atoms with Gasteiger partial charge in [0.25, 0.3) is 0 Å². The second-order valence-corrected chi connectivity index (χ2v) is 3.39. The molecule has 80 valence electrons. The van der Waals surface area contributed by atoms with Gasteiger partial charge >= 0.3 is 0 Å². The molecule has 0 aromatic heterocycles. The van der Waals surface area contributed by atoms with E-state index in [1.807, 2.05) is 26.0 Å². The predicted octanol–water partition coefficient (Wildman–Crippen LogP) is 2.64. The van der Waals surface area contributed by atoms with E-state index >= 15 is 0 Å². The van der Waals surface area contributed by atoms with Crippen LogP contribution in [0.4, 0.5) is 0 Å². The van der Waals surface area contributed by atoms with Crippen molar-refractivity contribution in [1.29, 1.82) is 5.26 Å². The van der Waals surface area contributed by atoms with Gasteiger partial charge in [-0.05, 0) is 31.0 Å². The number of methoxy groups -OCH3 is 2. The molecule has 1 atom stereocenters. The van der Waals surface area contributed by atoms with Gasteiger partial charge in [-0.15, -0.1) is 0 Å². The molecule has 0 spiro atoms. The third-order valence-electron chi connectivity index (χ3n) is 2.49. The highest BCUT2D eigenvalue weighted by atomic mass is 16.5.